The van der Waals surface area contributed by atoms with E-state index < -0.39 is 0 Å². The van der Waals surface area contributed by atoms with E-state index in [2.05, 4.69) is 53.7 Å². The van der Waals surface area contributed by atoms with Crippen LogP contribution in [0.15, 0.2) is 53.4 Å². The van der Waals surface area contributed by atoms with Crippen molar-refractivity contribution in [2.75, 3.05) is 0 Å². The van der Waals surface area contributed by atoms with Crippen LogP contribution in [0.2, 0.25) is 0 Å². The van der Waals surface area contributed by atoms with Crippen molar-refractivity contribution in [1.82, 2.24) is 0 Å². The molecule has 18 heavy (non-hydrogen) atoms. The quantitative estimate of drug-likeness (QED) is 0.604. The summed E-state index contributed by atoms with van der Waals surface area (Å²) in [6.45, 7) is 2.07. The molecule has 0 radical (unpaired) electrons. The molecule has 1 nitrogen and oxygen atoms in total. The Morgan fingerprint density at radius 3 is 2.44 bits per heavy atom. The molecule has 0 N–H and O–H groups in total. The van der Waals surface area contributed by atoms with Gasteiger partial charge in [0.05, 0.1) is 0 Å². The molecular weight excluding hydrogens is 308 g/mol. The van der Waals surface area contributed by atoms with E-state index in [0.29, 0.717) is 0 Å². The lowest BCUT2D eigenvalue weighted by Crippen LogP contribution is -2.06. The highest BCUT2D eigenvalue weighted by Gasteiger charge is 2.07. The van der Waals surface area contributed by atoms with Gasteiger partial charge in [0.25, 0.3) is 0 Å². The molecule has 0 heterocycles. The molecule has 0 aliphatic heterocycles. The van der Waals surface area contributed by atoms with Gasteiger partial charge < -0.3 is 4.74 Å². The summed E-state index contributed by atoms with van der Waals surface area (Å²) in [6.07, 6.45) is 0.910. The van der Waals surface area contributed by atoms with Gasteiger partial charge in [-0.15, -0.1) is 12.6 Å². The number of alkyl halides is 1. The first-order valence-corrected chi connectivity index (χ1v) is 7.26. The fraction of sp³-hybridized carbons (Fsp3) is 0.200. The average Bonchev–Trinajstić information content (AvgIpc) is 2.42. The van der Waals surface area contributed by atoms with Crippen LogP contribution in [0.1, 0.15) is 13.3 Å². The number of thiol groups is 1. The van der Waals surface area contributed by atoms with Crippen LogP contribution in [0.25, 0.3) is 11.1 Å². The minimum Gasteiger partial charge on any atom is -0.478 e. The van der Waals surface area contributed by atoms with E-state index in [0.717, 1.165) is 22.6 Å². The Balaban J connectivity index is 2.25. The molecule has 3 heteroatoms. The highest BCUT2D eigenvalue weighted by molar-refractivity contribution is 9.09. The van der Waals surface area contributed by atoms with Crippen molar-refractivity contribution in [1.29, 1.82) is 0 Å². The molecule has 0 aliphatic rings. The summed E-state index contributed by atoms with van der Waals surface area (Å²) in [7, 11) is 0. The molecule has 2 rings (SSSR count). The molecule has 2 aromatic carbocycles. The molecule has 0 saturated heterocycles. The summed E-state index contributed by atoms with van der Waals surface area (Å²) >= 11 is 7.94. The van der Waals surface area contributed by atoms with Crippen molar-refractivity contribution in [3.05, 3.63) is 48.5 Å². The first-order chi connectivity index (χ1) is 8.70. The van der Waals surface area contributed by atoms with E-state index in [4.69, 9.17) is 4.74 Å². The summed E-state index contributed by atoms with van der Waals surface area (Å²) in [5.41, 5.74) is 2.33. The third kappa shape index (κ3) is 3.30. The van der Waals surface area contributed by atoms with Crippen molar-refractivity contribution >= 4 is 28.6 Å². The van der Waals surface area contributed by atoms with Crippen molar-refractivity contribution < 1.29 is 4.74 Å². The third-order valence-corrected chi connectivity index (χ3v) is 3.83. The number of ether oxygens (including phenoxy) is 1. The van der Waals surface area contributed by atoms with Crippen molar-refractivity contribution in [3.8, 4) is 16.9 Å². The van der Waals surface area contributed by atoms with Gasteiger partial charge in [0.15, 0.2) is 5.01 Å². The van der Waals surface area contributed by atoms with E-state index in [1.165, 1.54) is 5.56 Å². The van der Waals surface area contributed by atoms with Crippen molar-refractivity contribution in [2.24, 2.45) is 0 Å². The van der Waals surface area contributed by atoms with E-state index in [-0.39, 0.29) is 5.01 Å². The van der Waals surface area contributed by atoms with Crippen LogP contribution in [0.3, 0.4) is 0 Å². The summed E-state index contributed by atoms with van der Waals surface area (Å²) in [5, 5.41) is 0.0333. The van der Waals surface area contributed by atoms with Gasteiger partial charge in [-0.1, -0.05) is 43.3 Å². The van der Waals surface area contributed by atoms with Crippen molar-refractivity contribution in [3.63, 3.8) is 0 Å². The number of benzene rings is 2. The molecule has 1 unspecified atom stereocenters. The molecular formula is C15H15BrOS. The standard InChI is InChI=1S/C15H15BrOS/c1-2-15(16)17-13-9-8-12(10-14(13)18)11-6-4-3-5-7-11/h3-10,15,18H,2H2,1H3. The predicted molar refractivity (Wildman–Crippen MR) is 82.8 cm³/mol. The van der Waals surface area contributed by atoms with Crippen LogP contribution in [-0.2, 0) is 0 Å². The maximum absolute atomic E-state index is 5.73. The minimum absolute atomic E-state index is 0.0333. The first kappa shape index (κ1) is 13.5. The second-order valence-electron chi connectivity index (χ2n) is 3.98. The lowest BCUT2D eigenvalue weighted by atomic mass is 10.1. The smallest absolute Gasteiger partial charge is 0.153 e. The molecule has 0 amide bonds. The van der Waals surface area contributed by atoms with Crippen molar-refractivity contribution in [2.45, 2.75) is 23.3 Å². The van der Waals surface area contributed by atoms with Crippen LogP contribution in [-0.4, -0.2) is 5.01 Å². The minimum atomic E-state index is 0.0333. The number of hydrogen-bond donors (Lipinski definition) is 1. The fourth-order valence-corrected chi connectivity index (χ4v) is 2.12. The number of rotatable bonds is 4. The summed E-state index contributed by atoms with van der Waals surface area (Å²) in [6, 6.07) is 16.3. The van der Waals surface area contributed by atoms with Gasteiger partial charge >= 0.3 is 0 Å². The Morgan fingerprint density at radius 1 is 1.11 bits per heavy atom. The van der Waals surface area contributed by atoms with Gasteiger partial charge in [-0.25, -0.2) is 0 Å². The zero-order valence-corrected chi connectivity index (χ0v) is 12.6. The van der Waals surface area contributed by atoms with E-state index in [1.54, 1.807) is 0 Å². The Hall–Kier alpha value is -0.930. The molecule has 0 spiro atoms. The topological polar surface area (TPSA) is 9.23 Å². The highest BCUT2D eigenvalue weighted by atomic mass is 79.9. The second-order valence-corrected chi connectivity index (χ2v) is 5.49. The molecule has 0 fully saturated rings. The van der Waals surface area contributed by atoms with Crippen LogP contribution < -0.4 is 4.74 Å². The maximum Gasteiger partial charge on any atom is 0.153 e. The number of halogens is 1. The lowest BCUT2D eigenvalue weighted by Gasteiger charge is -2.13. The first-order valence-electron chi connectivity index (χ1n) is 5.90. The summed E-state index contributed by atoms with van der Waals surface area (Å²) in [5.74, 6) is 0.807. The zero-order valence-electron chi connectivity index (χ0n) is 10.1. The molecule has 1 atom stereocenters. The van der Waals surface area contributed by atoms with Crippen LogP contribution in [0.4, 0.5) is 0 Å². The average molecular weight is 323 g/mol. The molecule has 0 aliphatic carbocycles. The SMILES string of the molecule is CCC(Br)Oc1ccc(-c2ccccc2)cc1S. The van der Waals surface area contributed by atoms with Crippen LogP contribution in [0.5, 0.6) is 5.75 Å². The van der Waals surface area contributed by atoms with Gasteiger partial charge in [0.2, 0.25) is 0 Å². The Labute approximate surface area is 122 Å². The normalized spacial score (nSPS) is 12.2. The summed E-state index contributed by atoms with van der Waals surface area (Å²) in [4.78, 5) is 0.856. The van der Waals surface area contributed by atoms with Crippen LogP contribution >= 0.6 is 28.6 Å². The lowest BCUT2D eigenvalue weighted by molar-refractivity contribution is 0.284. The molecule has 0 saturated carbocycles. The maximum atomic E-state index is 5.73. The van der Waals surface area contributed by atoms with Crippen LogP contribution in [0, 0.1) is 0 Å². The van der Waals surface area contributed by atoms with E-state index >= 15 is 0 Å². The van der Waals surface area contributed by atoms with Gasteiger partial charge in [-0.2, -0.15) is 0 Å². The fourth-order valence-electron chi connectivity index (χ4n) is 1.65. The zero-order chi connectivity index (χ0) is 13.0. The number of hydrogen-bond acceptors (Lipinski definition) is 2. The monoisotopic (exact) mass is 322 g/mol. The van der Waals surface area contributed by atoms with Gasteiger partial charge in [0, 0.05) is 4.90 Å². The van der Waals surface area contributed by atoms with E-state index in [1.807, 2.05) is 30.3 Å². The summed E-state index contributed by atoms with van der Waals surface area (Å²) < 4.78 is 5.73. The Bertz CT molecular complexity index is 513. The molecule has 94 valence electrons. The Kier molecular flexibility index (Phi) is 4.72. The highest BCUT2D eigenvalue weighted by Crippen LogP contribution is 2.30. The van der Waals surface area contributed by atoms with Gasteiger partial charge in [0.1, 0.15) is 5.75 Å². The van der Waals surface area contributed by atoms with Gasteiger partial charge in [-0.3, -0.25) is 0 Å². The van der Waals surface area contributed by atoms with Gasteiger partial charge in [-0.05, 0) is 45.6 Å². The molecule has 2 aromatic rings. The molecule has 0 aromatic heterocycles. The Morgan fingerprint density at radius 2 is 1.83 bits per heavy atom. The third-order valence-electron chi connectivity index (χ3n) is 2.64. The predicted octanol–water partition coefficient (Wildman–Crippen LogP) is 5.15. The van der Waals surface area contributed by atoms with E-state index in [9.17, 15) is 0 Å². The second kappa shape index (κ2) is 6.30. The molecule has 0 bridgehead atoms. The largest absolute Gasteiger partial charge is 0.478 e.